The van der Waals surface area contributed by atoms with Crippen LogP contribution >= 0.6 is 0 Å². The van der Waals surface area contributed by atoms with E-state index in [1.54, 1.807) is 17.0 Å². The average molecular weight is 371 g/mol. The number of carbonyl (C=O) groups excluding carboxylic acids is 1. The van der Waals surface area contributed by atoms with Crippen molar-refractivity contribution in [3.05, 3.63) is 70.2 Å². The molecule has 0 N–H and O–H groups in total. The topological polar surface area (TPSA) is 72.9 Å². The molecule has 0 unspecified atom stereocenters. The lowest BCUT2D eigenvalue weighted by Gasteiger charge is -2.24. The number of ether oxygens (including phenoxy) is 1. The molecule has 3 heterocycles. The van der Waals surface area contributed by atoms with Crippen molar-refractivity contribution in [2.75, 3.05) is 13.2 Å². The highest BCUT2D eigenvalue weighted by Crippen LogP contribution is 2.19. The van der Waals surface area contributed by atoms with Crippen LogP contribution in [0.3, 0.4) is 0 Å². The predicted octanol–water partition coefficient (Wildman–Crippen LogP) is 3.35. The van der Waals surface area contributed by atoms with Crippen LogP contribution in [0.25, 0.3) is 11.0 Å². The molecule has 27 heavy (non-hydrogen) atoms. The van der Waals surface area contributed by atoms with E-state index >= 15 is 0 Å². The van der Waals surface area contributed by atoms with Gasteiger partial charge in [-0.25, -0.2) is 4.39 Å². The van der Waals surface area contributed by atoms with Crippen LogP contribution < -0.4 is 5.43 Å². The second kappa shape index (κ2) is 7.36. The van der Waals surface area contributed by atoms with E-state index in [4.69, 9.17) is 13.6 Å². The Labute approximate surface area is 154 Å². The molecule has 140 valence electrons. The number of hydrogen-bond donors (Lipinski definition) is 0. The van der Waals surface area contributed by atoms with Crippen molar-refractivity contribution in [2.24, 2.45) is 0 Å². The molecular formula is C20H18FNO5. The molecule has 1 saturated heterocycles. The van der Waals surface area contributed by atoms with E-state index in [2.05, 4.69) is 0 Å². The summed E-state index contributed by atoms with van der Waals surface area (Å²) < 4.78 is 29.9. The van der Waals surface area contributed by atoms with Gasteiger partial charge in [-0.1, -0.05) is 0 Å². The zero-order valence-corrected chi connectivity index (χ0v) is 14.5. The molecule has 1 amide bonds. The van der Waals surface area contributed by atoms with Gasteiger partial charge in [0, 0.05) is 19.2 Å². The molecule has 0 bridgehead atoms. The molecule has 6 nitrogen and oxygen atoms in total. The number of fused-ring (bicyclic) bond motifs is 1. The van der Waals surface area contributed by atoms with Crippen molar-refractivity contribution in [2.45, 2.75) is 25.5 Å². The normalized spacial score (nSPS) is 16.7. The summed E-state index contributed by atoms with van der Waals surface area (Å²) in [5.41, 5.74) is -0.295. The van der Waals surface area contributed by atoms with Crippen LogP contribution in [-0.4, -0.2) is 30.1 Å². The predicted molar refractivity (Wildman–Crippen MR) is 94.9 cm³/mol. The van der Waals surface area contributed by atoms with Gasteiger partial charge in [0.15, 0.2) is 11.2 Å². The summed E-state index contributed by atoms with van der Waals surface area (Å²) in [6.45, 7) is 1.27. The van der Waals surface area contributed by atoms with E-state index in [1.165, 1.54) is 18.4 Å². The van der Waals surface area contributed by atoms with Crippen molar-refractivity contribution >= 4 is 16.9 Å². The van der Waals surface area contributed by atoms with Gasteiger partial charge in [-0.3, -0.25) is 9.59 Å². The first kappa shape index (κ1) is 17.5. The second-order valence-electron chi connectivity index (χ2n) is 6.52. The smallest absolute Gasteiger partial charge is 0.290 e. The maximum atomic E-state index is 13.4. The molecular weight excluding hydrogens is 353 g/mol. The van der Waals surface area contributed by atoms with E-state index in [1.807, 2.05) is 0 Å². The lowest BCUT2D eigenvalue weighted by Crippen LogP contribution is -2.37. The monoisotopic (exact) mass is 371 g/mol. The molecule has 1 atom stereocenters. The molecule has 0 saturated carbocycles. The van der Waals surface area contributed by atoms with Gasteiger partial charge in [0.05, 0.1) is 24.3 Å². The van der Waals surface area contributed by atoms with Crippen molar-refractivity contribution in [3.63, 3.8) is 0 Å². The highest BCUT2D eigenvalue weighted by atomic mass is 19.1. The molecule has 2 aromatic heterocycles. The highest BCUT2D eigenvalue weighted by molar-refractivity contribution is 5.93. The lowest BCUT2D eigenvalue weighted by atomic mass is 10.2. The molecule has 7 heteroatoms. The molecule has 0 spiro atoms. The van der Waals surface area contributed by atoms with Gasteiger partial charge in [-0.05, 0) is 43.2 Å². The fourth-order valence-electron chi connectivity index (χ4n) is 3.23. The van der Waals surface area contributed by atoms with Crippen molar-refractivity contribution in [1.29, 1.82) is 0 Å². The fraction of sp³-hybridized carbons (Fsp3) is 0.300. The minimum Gasteiger partial charge on any atom is -0.467 e. The molecule has 0 radical (unpaired) electrons. The van der Waals surface area contributed by atoms with E-state index in [9.17, 15) is 14.0 Å². The van der Waals surface area contributed by atoms with Crippen LogP contribution in [0.15, 0.2) is 56.3 Å². The fourth-order valence-corrected chi connectivity index (χ4v) is 3.23. The zero-order valence-electron chi connectivity index (χ0n) is 14.5. The number of nitrogens with zero attached hydrogens (tertiary/aromatic N) is 1. The quantitative estimate of drug-likeness (QED) is 0.688. The number of benzene rings is 1. The van der Waals surface area contributed by atoms with Crippen LogP contribution in [0.5, 0.6) is 0 Å². The lowest BCUT2D eigenvalue weighted by molar-refractivity contribution is 0.0469. The summed E-state index contributed by atoms with van der Waals surface area (Å²) in [6, 6.07) is 8.26. The number of rotatable bonds is 5. The third-order valence-corrected chi connectivity index (χ3v) is 4.56. The summed E-state index contributed by atoms with van der Waals surface area (Å²) >= 11 is 0. The number of carbonyl (C=O) groups is 1. The van der Waals surface area contributed by atoms with Gasteiger partial charge in [-0.2, -0.15) is 0 Å². The van der Waals surface area contributed by atoms with E-state index in [0.717, 1.165) is 25.0 Å². The van der Waals surface area contributed by atoms with E-state index in [-0.39, 0.29) is 29.4 Å². The minimum absolute atomic E-state index is 0.0646. The Bertz CT molecular complexity index is 1000. The van der Waals surface area contributed by atoms with Gasteiger partial charge in [-0.15, -0.1) is 0 Å². The van der Waals surface area contributed by atoms with Crippen LogP contribution in [0.1, 0.15) is 29.2 Å². The number of hydrogen-bond acceptors (Lipinski definition) is 5. The van der Waals surface area contributed by atoms with Crippen molar-refractivity contribution in [1.82, 2.24) is 4.90 Å². The van der Waals surface area contributed by atoms with E-state index in [0.29, 0.717) is 18.9 Å². The van der Waals surface area contributed by atoms with Crippen LogP contribution in [0.4, 0.5) is 4.39 Å². The Hall–Kier alpha value is -2.93. The largest absolute Gasteiger partial charge is 0.467 e. The highest BCUT2D eigenvalue weighted by Gasteiger charge is 2.26. The Morgan fingerprint density at radius 1 is 1.26 bits per heavy atom. The van der Waals surface area contributed by atoms with Gasteiger partial charge in [0.1, 0.15) is 17.2 Å². The third kappa shape index (κ3) is 3.78. The summed E-state index contributed by atoms with van der Waals surface area (Å²) in [7, 11) is 0. The molecule has 1 aromatic carbocycles. The zero-order chi connectivity index (χ0) is 18.8. The summed E-state index contributed by atoms with van der Waals surface area (Å²) in [5.74, 6) is -0.452. The number of amides is 1. The molecule has 1 aliphatic rings. The second-order valence-corrected chi connectivity index (χ2v) is 6.52. The summed E-state index contributed by atoms with van der Waals surface area (Å²) in [6.07, 6.45) is 3.28. The molecule has 1 fully saturated rings. The molecule has 3 aromatic rings. The van der Waals surface area contributed by atoms with Crippen molar-refractivity contribution < 1.29 is 22.8 Å². The number of furan rings is 1. The van der Waals surface area contributed by atoms with Gasteiger partial charge in [0.25, 0.3) is 5.91 Å². The molecule has 1 aliphatic heterocycles. The van der Waals surface area contributed by atoms with Crippen molar-refractivity contribution in [3.8, 4) is 0 Å². The standard InChI is InChI=1S/C20H18FNO5/c21-13-5-6-18-16(9-13)17(23)10-19(27-18)20(24)22(11-14-3-1-7-25-14)12-15-4-2-8-26-15/h1,3,5-7,9-10,15H,2,4,8,11-12H2/t15-/m0/s1. The maximum Gasteiger partial charge on any atom is 0.290 e. The Balaban J connectivity index is 1.66. The first-order valence-corrected chi connectivity index (χ1v) is 8.77. The maximum absolute atomic E-state index is 13.4. The van der Waals surface area contributed by atoms with Gasteiger partial charge < -0.3 is 18.5 Å². The molecule has 4 rings (SSSR count). The third-order valence-electron chi connectivity index (χ3n) is 4.56. The van der Waals surface area contributed by atoms with Crippen LogP contribution in [0, 0.1) is 5.82 Å². The number of halogens is 1. The SMILES string of the molecule is O=C(c1cc(=O)c2cc(F)ccc2o1)N(Cc1ccco1)C[C@@H]1CCCO1. The van der Waals surface area contributed by atoms with Crippen LogP contribution in [0.2, 0.25) is 0 Å². The van der Waals surface area contributed by atoms with Gasteiger partial charge >= 0.3 is 0 Å². The first-order chi connectivity index (χ1) is 13.1. The first-order valence-electron chi connectivity index (χ1n) is 8.77. The Morgan fingerprint density at radius 2 is 2.15 bits per heavy atom. The average Bonchev–Trinajstić information content (AvgIpc) is 3.35. The Morgan fingerprint density at radius 3 is 2.89 bits per heavy atom. The minimum atomic E-state index is -0.535. The van der Waals surface area contributed by atoms with E-state index < -0.39 is 17.2 Å². The van der Waals surface area contributed by atoms with Gasteiger partial charge in [0.2, 0.25) is 0 Å². The summed E-state index contributed by atoms with van der Waals surface area (Å²) in [5, 5.41) is 0.100. The Kier molecular flexibility index (Phi) is 4.77. The van der Waals surface area contributed by atoms with Crippen LogP contribution in [-0.2, 0) is 11.3 Å². The molecule has 0 aliphatic carbocycles. The summed E-state index contributed by atoms with van der Waals surface area (Å²) in [4.78, 5) is 26.9.